The van der Waals surface area contributed by atoms with E-state index < -0.39 is 6.10 Å². The zero-order valence-corrected chi connectivity index (χ0v) is 16.0. The number of aliphatic hydroxyl groups excluding tert-OH is 1. The molecular weight excluding hydrogens is 370 g/mol. The number of hydrogen-bond donors (Lipinski definition) is 1. The first-order valence-corrected chi connectivity index (χ1v) is 9.77. The minimum absolute atomic E-state index is 0.0511. The SMILES string of the molecule is O=C(CCCc1nc(-c2ccncc2)no1)N1C[C@@H](Cc2ccncc2)[C@@H](O)C1. The third-order valence-corrected chi connectivity index (χ3v) is 5.19. The Morgan fingerprint density at radius 1 is 1.10 bits per heavy atom. The number of aromatic nitrogens is 4. The van der Waals surface area contributed by atoms with Gasteiger partial charge in [-0.1, -0.05) is 5.16 Å². The van der Waals surface area contributed by atoms with E-state index in [4.69, 9.17) is 4.52 Å². The summed E-state index contributed by atoms with van der Waals surface area (Å²) in [6.07, 6.45) is 8.65. The molecule has 1 amide bonds. The van der Waals surface area contributed by atoms with Crippen LogP contribution < -0.4 is 0 Å². The Bertz CT molecular complexity index is 932. The molecule has 1 N–H and O–H groups in total. The van der Waals surface area contributed by atoms with Gasteiger partial charge in [-0.05, 0) is 42.7 Å². The maximum atomic E-state index is 12.5. The summed E-state index contributed by atoms with van der Waals surface area (Å²) in [5.41, 5.74) is 1.97. The number of aryl methyl sites for hydroxylation is 1. The van der Waals surface area contributed by atoms with Gasteiger partial charge in [0.1, 0.15) is 0 Å². The molecule has 0 bridgehead atoms. The number of β-amino-alcohol motifs (C(OH)–C–C–N with tert-alkyl or cyclic N) is 1. The van der Waals surface area contributed by atoms with Gasteiger partial charge in [-0.2, -0.15) is 4.98 Å². The highest BCUT2D eigenvalue weighted by Gasteiger charge is 2.33. The number of pyridine rings is 2. The summed E-state index contributed by atoms with van der Waals surface area (Å²) in [5.74, 6) is 1.15. The highest BCUT2D eigenvalue weighted by atomic mass is 16.5. The van der Waals surface area contributed by atoms with E-state index in [1.807, 2.05) is 24.3 Å². The van der Waals surface area contributed by atoms with Crippen LogP contribution in [0.3, 0.4) is 0 Å². The second-order valence-electron chi connectivity index (χ2n) is 7.29. The van der Waals surface area contributed by atoms with E-state index in [-0.39, 0.29) is 11.8 Å². The van der Waals surface area contributed by atoms with Crippen molar-refractivity contribution in [3.8, 4) is 11.4 Å². The molecule has 1 aliphatic heterocycles. The van der Waals surface area contributed by atoms with Crippen molar-refractivity contribution in [2.45, 2.75) is 31.8 Å². The average Bonchev–Trinajstić information content (AvgIpc) is 3.37. The zero-order valence-electron chi connectivity index (χ0n) is 16.0. The van der Waals surface area contributed by atoms with Gasteiger partial charge in [0, 0.05) is 62.2 Å². The number of amides is 1. The molecule has 2 atom stereocenters. The van der Waals surface area contributed by atoms with Crippen LogP contribution in [0.1, 0.15) is 24.3 Å². The lowest BCUT2D eigenvalue weighted by atomic mass is 9.97. The van der Waals surface area contributed by atoms with Gasteiger partial charge in [0.05, 0.1) is 6.10 Å². The second kappa shape index (κ2) is 8.91. The molecule has 0 saturated carbocycles. The molecule has 0 radical (unpaired) electrons. The van der Waals surface area contributed by atoms with Crippen molar-refractivity contribution < 1.29 is 14.4 Å². The molecule has 8 nitrogen and oxygen atoms in total. The minimum atomic E-state index is -0.494. The van der Waals surface area contributed by atoms with Crippen molar-refractivity contribution in [3.05, 3.63) is 60.5 Å². The molecule has 0 aromatic carbocycles. The van der Waals surface area contributed by atoms with Crippen LogP contribution in [-0.4, -0.2) is 55.2 Å². The van der Waals surface area contributed by atoms with Crippen molar-refractivity contribution in [2.24, 2.45) is 5.92 Å². The average molecular weight is 393 g/mol. The van der Waals surface area contributed by atoms with Gasteiger partial charge in [-0.25, -0.2) is 0 Å². The van der Waals surface area contributed by atoms with Gasteiger partial charge in [-0.3, -0.25) is 14.8 Å². The van der Waals surface area contributed by atoms with Crippen molar-refractivity contribution in [2.75, 3.05) is 13.1 Å². The van der Waals surface area contributed by atoms with Crippen LogP contribution in [0.25, 0.3) is 11.4 Å². The van der Waals surface area contributed by atoms with Crippen LogP contribution >= 0.6 is 0 Å². The number of carbonyl (C=O) groups is 1. The third-order valence-electron chi connectivity index (χ3n) is 5.19. The summed E-state index contributed by atoms with van der Waals surface area (Å²) in [6, 6.07) is 7.53. The lowest BCUT2D eigenvalue weighted by molar-refractivity contribution is -0.130. The molecule has 8 heteroatoms. The quantitative estimate of drug-likeness (QED) is 0.654. The molecule has 4 heterocycles. The molecule has 1 fully saturated rings. The normalized spacial score (nSPS) is 18.9. The summed E-state index contributed by atoms with van der Waals surface area (Å²) in [6.45, 7) is 0.969. The van der Waals surface area contributed by atoms with Crippen LogP contribution in [0.5, 0.6) is 0 Å². The fourth-order valence-corrected chi connectivity index (χ4v) is 3.60. The van der Waals surface area contributed by atoms with Crippen LogP contribution in [0.2, 0.25) is 0 Å². The van der Waals surface area contributed by atoms with E-state index in [0.29, 0.717) is 44.1 Å². The Hall–Kier alpha value is -3.13. The van der Waals surface area contributed by atoms with Gasteiger partial charge in [-0.15, -0.1) is 0 Å². The lowest BCUT2D eigenvalue weighted by Gasteiger charge is -2.16. The molecule has 3 aromatic rings. The van der Waals surface area contributed by atoms with Crippen molar-refractivity contribution >= 4 is 5.91 Å². The first-order chi connectivity index (χ1) is 14.2. The van der Waals surface area contributed by atoms with Gasteiger partial charge in [0.15, 0.2) is 0 Å². The first kappa shape index (κ1) is 19.2. The number of nitrogens with zero attached hydrogens (tertiary/aromatic N) is 5. The molecule has 150 valence electrons. The number of carbonyl (C=O) groups excluding carboxylic acids is 1. The molecule has 1 aliphatic rings. The fourth-order valence-electron chi connectivity index (χ4n) is 3.60. The van der Waals surface area contributed by atoms with Crippen LogP contribution in [0.15, 0.2) is 53.6 Å². The predicted octanol–water partition coefficient (Wildman–Crippen LogP) is 1.91. The Balaban J connectivity index is 1.24. The Labute approximate surface area is 168 Å². The number of hydrogen-bond acceptors (Lipinski definition) is 7. The van der Waals surface area contributed by atoms with Gasteiger partial charge in [0.2, 0.25) is 17.6 Å². The number of rotatable bonds is 7. The van der Waals surface area contributed by atoms with Crippen molar-refractivity contribution in [3.63, 3.8) is 0 Å². The highest BCUT2D eigenvalue weighted by molar-refractivity contribution is 5.76. The minimum Gasteiger partial charge on any atom is -0.391 e. The largest absolute Gasteiger partial charge is 0.391 e. The van der Waals surface area contributed by atoms with Gasteiger partial charge in [0.25, 0.3) is 0 Å². The van der Waals surface area contributed by atoms with E-state index >= 15 is 0 Å². The molecule has 3 aromatic heterocycles. The molecule has 0 unspecified atom stereocenters. The Morgan fingerprint density at radius 3 is 2.59 bits per heavy atom. The predicted molar refractivity (Wildman–Crippen MR) is 104 cm³/mol. The summed E-state index contributed by atoms with van der Waals surface area (Å²) in [5, 5.41) is 14.3. The smallest absolute Gasteiger partial charge is 0.226 e. The molecule has 1 saturated heterocycles. The van der Waals surface area contributed by atoms with Crippen molar-refractivity contribution in [1.29, 1.82) is 0 Å². The molecular formula is C21H23N5O3. The maximum Gasteiger partial charge on any atom is 0.226 e. The number of aliphatic hydroxyl groups is 1. The molecule has 29 heavy (non-hydrogen) atoms. The van der Waals surface area contributed by atoms with Gasteiger partial charge < -0.3 is 14.5 Å². The standard InChI is InChI=1S/C21H23N5O3/c27-18-14-26(13-17(18)12-15-4-8-22-9-5-15)20(28)3-1-2-19-24-21(25-29-19)16-6-10-23-11-7-16/h4-11,17-18,27H,1-3,12-14H2/t17-,18+/m1/s1. The summed E-state index contributed by atoms with van der Waals surface area (Å²) >= 11 is 0. The highest BCUT2D eigenvalue weighted by Crippen LogP contribution is 2.22. The monoisotopic (exact) mass is 393 g/mol. The lowest BCUT2D eigenvalue weighted by Crippen LogP contribution is -2.29. The molecule has 0 spiro atoms. The Morgan fingerprint density at radius 2 is 1.83 bits per heavy atom. The number of likely N-dealkylation sites (tertiary alicyclic amines) is 1. The third kappa shape index (κ3) is 4.83. The van der Waals surface area contributed by atoms with Crippen molar-refractivity contribution in [1.82, 2.24) is 25.0 Å². The molecule has 4 rings (SSSR count). The molecule has 0 aliphatic carbocycles. The summed E-state index contributed by atoms with van der Waals surface area (Å²) in [4.78, 5) is 26.6. The summed E-state index contributed by atoms with van der Waals surface area (Å²) in [7, 11) is 0. The maximum absolute atomic E-state index is 12.5. The van der Waals surface area contributed by atoms with E-state index in [2.05, 4.69) is 20.1 Å². The van der Waals surface area contributed by atoms with E-state index in [9.17, 15) is 9.90 Å². The summed E-state index contributed by atoms with van der Waals surface area (Å²) < 4.78 is 5.28. The van der Waals surface area contributed by atoms with E-state index in [0.717, 1.165) is 17.5 Å². The second-order valence-corrected chi connectivity index (χ2v) is 7.29. The fraction of sp³-hybridized carbons (Fsp3) is 0.381. The Kier molecular flexibility index (Phi) is 5.90. The van der Waals surface area contributed by atoms with Crippen LogP contribution in [-0.2, 0) is 17.6 Å². The topological polar surface area (TPSA) is 105 Å². The van der Waals surface area contributed by atoms with Gasteiger partial charge >= 0.3 is 0 Å². The van der Waals surface area contributed by atoms with Crippen LogP contribution in [0.4, 0.5) is 0 Å². The first-order valence-electron chi connectivity index (χ1n) is 9.77. The van der Waals surface area contributed by atoms with Crippen LogP contribution in [0, 0.1) is 5.92 Å². The van der Waals surface area contributed by atoms with E-state index in [1.165, 1.54) is 0 Å². The van der Waals surface area contributed by atoms with E-state index in [1.54, 1.807) is 29.7 Å². The zero-order chi connectivity index (χ0) is 20.1.